The summed E-state index contributed by atoms with van der Waals surface area (Å²) in [6, 6.07) is 9.50. The number of thioether (sulfide) groups is 1. The normalized spacial score (nSPS) is 19.3. The molecular formula is C22H27N3O3S. The smallest absolute Gasteiger partial charge is 0.329 e. The highest BCUT2D eigenvalue weighted by Crippen LogP contribution is 2.29. The molecule has 1 atom stereocenters. The number of hydrogen-bond acceptors (Lipinski definition) is 5. The number of aromatic nitrogens is 2. The average Bonchev–Trinajstić information content (AvgIpc) is 2.95. The van der Waals surface area contributed by atoms with Crippen molar-refractivity contribution in [3.05, 3.63) is 41.7 Å². The zero-order chi connectivity index (χ0) is 20.2. The lowest BCUT2D eigenvalue weighted by atomic mass is 10.1. The molecule has 2 aromatic rings. The van der Waals surface area contributed by atoms with Gasteiger partial charge < -0.3 is 14.2 Å². The minimum atomic E-state index is -0.537. The molecule has 29 heavy (non-hydrogen) atoms. The molecule has 7 heteroatoms. The summed E-state index contributed by atoms with van der Waals surface area (Å²) >= 11 is 1.69. The zero-order valence-corrected chi connectivity index (χ0v) is 17.6. The van der Waals surface area contributed by atoms with Crippen molar-refractivity contribution in [1.29, 1.82) is 0 Å². The third-order valence-corrected chi connectivity index (χ3v) is 6.57. The minimum Gasteiger partial charge on any atom is -0.464 e. The molecule has 154 valence electrons. The van der Waals surface area contributed by atoms with Crippen molar-refractivity contribution in [3.8, 4) is 11.4 Å². The quantitative estimate of drug-likeness (QED) is 0.719. The van der Waals surface area contributed by atoms with Gasteiger partial charge in [-0.1, -0.05) is 36.8 Å². The highest BCUT2D eigenvalue weighted by atomic mass is 32.2. The van der Waals surface area contributed by atoms with E-state index in [9.17, 15) is 9.59 Å². The first-order valence-corrected chi connectivity index (χ1v) is 11.6. The van der Waals surface area contributed by atoms with Crippen LogP contribution in [-0.4, -0.2) is 57.0 Å². The van der Waals surface area contributed by atoms with Gasteiger partial charge in [-0.2, -0.15) is 11.8 Å². The molecule has 0 saturated carbocycles. The molecule has 2 aliphatic heterocycles. The summed E-state index contributed by atoms with van der Waals surface area (Å²) in [5.74, 6) is 1.79. The van der Waals surface area contributed by atoms with Crippen LogP contribution in [0.2, 0.25) is 0 Å². The van der Waals surface area contributed by atoms with Gasteiger partial charge in [-0.05, 0) is 26.2 Å². The van der Waals surface area contributed by atoms with E-state index in [4.69, 9.17) is 9.72 Å². The second kappa shape index (κ2) is 9.03. The molecule has 1 saturated heterocycles. The number of carbonyl (C=O) groups is 2. The van der Waals surface area contributed by atoms with Gasteiger partial charge in [-0.15, -0.1) is 0 Å². The number of esters is 1. The Hall–Kier alpha value is -2.28. The molecule has 0 spiro atoms. The molecule has 1 amide bonds. The molecule has 0 bridgehead atoms. The Morgan fingerprint density at radius 1 is 1.17 bits per heavy atom. The highest BCUT2D eigenvalue weighted by Gasteiger charge is 2.37. The maximum atomic E-state index is 13.6. The molecular weight excluding hydrogens is 386 g/mol. The van der Waals surface area contributed by atoms with Gasteiger partial charge in [0.15, 0.2) is 0 Å². The van der Waals surface area contributed by atoms with Gasteiger partial charge in [0, 0.05) is 30.2 Å². The SMILES string of the molecule is CCOC(=O)[C@H]1CSCCN1C(=O)c1nc(-c2ccccc2)n2c1CCCCC2. The van der Waals surface area contributed by atoms with Crippen molar-refractivity contribution < 1.29 is 14.3 Å². The van der Waals surface area contributed by atoms with Crippen LogP contribution in [0.5, 0.6) is 0 Å². The van der Waals surface area contributed by atoms with Gasteiger partial charge in [-0.25, -0.2) is 9.78 Å². The Morgan fingerprint density at radius 3 is 2.79 bits per heavy atom. The topological polar surface area (TPSA) is 64.4 Å². The summed E-state index contributed by atoms with van der Waals surface area (Å²) in [5.41, 5.74) is 2.53. The number of imidazole rings is 1. The average molecular weight is 414 g/mol. The lowest BCUT2D eigenvalue weighted by Crippen LogP contribution is -2.51. The van der Waals surface area contributed by atoms with Crippen molar-refractivity contribution in [2.45, 2.75) is 45.2 Å². The molecule has 0 N–H and O–H groups in total. The van der Waals surface area contributed by atoms with Crippen molar-refractivity contribution in [3.63, 3.8) is 0 Å². The van der Waals surface area contributed by atoms with Crippen LogP contribution in [0, 0.1) is 0 Å². The fraction of sp³-hybridized carbons (Fsp3) is 0.500. The van der Waals surface area contributed by atoms with Crippen LogP contribution < -0.4 is 0 Å². The number of benzene rings is 1. The molecule has 3 heterocycles. The fourth-order valence-corrected chi connectivity index (χ4v) is 5.15. The third kappa shape index (κ3) is 4.06. The molecule has 1 aromatic carbocycles. The number of nitrogens with zero attached hydrogens (tertiary/aromatic N) is 3. The van der Waals surface area contributed by atoms with E-state index in [1.165, 1.54) is 0 Å². The lowest BCUT2D eigenvalue weighted by molar-refractivity contribution is -0.147. The first-order valence-electron chi connectivity index (χ1n) is 10.4. The van der Waals surface area contributed by atoms with Crippen LogP contribution in [0.4, 0.5) is 0 Å². The molecule has 0 unspecified atom stereocenters. The summed E-state index contributed by atoms with van der Waals surface area (Å²) in [5, 5.41) is 0. The van der Waals surface area contributed by atoms with Gasteiger partial charge in [0.1, 0.15) is 17.6 Å². The van der Waals surface area contributed by atoms with Crippen LogP contribution in [0.15, 0.2) is 30.3 Å². The number of ether oxygens (including phenoxy) is 1. The van der Waals surface area contributed by atoms with Gasteiger partial charge in [0.05, 0.1) is 12.3 Å². The van der Waals surface area contributed by atoms with E-state index >= 15 is 0 Å². The Balaban J connectivity index is 1.73. The third-order valence-electron chi connectivity index (χ3n) is 5.55. The summed E-state index contributed by atoms with van der Waals surface area (Å²) in [6.07, 6.45) is 4.13. The molecule has 1 aromatic heterocycles. The fourth-order valence-electron chi connectivity index (χ4n) is 4.12. The Morgan fingerprint density at radius 2 is 2.00 bits per heavy atom. The molecule has 0 radical (unpaired) electrons. The van der Waals surface area contributed by atoms with E-state index in [2.05, 4.69) is 4.57 Å². The first kappa shape index (κ1) is 20.0. The second-order valence-corrected chi connectivity index (χ2v) is 8.55. The van der Waals surface area contributed by atoms with Crippen LogP contribution in [0.25, 0.3) is 11.4 Å². The Labute approximate surface area is 175 Å². The van der Waals surface area contributed by atoms with Crippen molar-refractivity contribution in [1.82, 2.24) is 14.5 Å². The first-order chi connectivity index (χ1) is 14.2. The Bertz CT molecular complexity index is 881. The molecule has 4 rings (SSSR count). The van der Waals surface area contributed by atoms with Crippen molar-refractivity contribution in [2.24, 2.45) is 0 Å². The summed E-state index contributed by atoms with van der Waals surface area (Å²) < 4.78 is 7.45. The van der Waals surface area contributed by atoms with E-state index in [0.29, 0.717) is 24.6 Å². The summed E-state index contributed by atoms with van der Waals surface area (Å²) in [7, 11) is 0. The molecule has 1 fully saturated rings. The maximum absolute atomic E-state index is 13.6. The van der Waals surface area contributed by atoms with Gasteiger partial charge in [0.25, 0.3) is 5.91 Å². The van der Waals surface area contributed by atoms with E-state index in [1.54, 1.807) is 23.6 Å². The summed E-state index contributed by atoms with van der Waals surface area (Å²) in [6.45, 7) is 3.53. The Kier molecular flexibility index (Phi) is 6.23. The predicted molar refractivity (Wildman–Crippen MR) is 114 cm³/mol. The number of amides is 1. The predicted octanol–water partition coefficient (Wildman–Crippen LogP) is 3.40. The highest BCUT2D eigenvalue weighted by molar-refractivity contribution is 7.99. The van der Waals surface area contributed by atoms with Crippen LogP contribution in [0.1, 0.15) is 42.4 Å². The van der Waals surface area contributed by atoms with Crippen LogP contribution in [0.3, 0.4) is 0 Å². The number of carbonyl (C=O) groups excluding carboxylic acids is 2. The van der Waals surface area contributed by atoms with Crippen molar-refractivity contribution >= 4 is 23.6 Å². The molecule has 2 aliphatic rings. The monoisotopic (exact) mass is 413 g/mol. The minimum absolute atomic E-state index is 0.142. The summed E-state index contributed by atoms with van der Waals surface area (Å²) in [4.78, 5) is 32.5. The maximum Gasteiger partial charge on any atom is 0.329 e. The lowest BCUT2D eigenvalue weighted by Gasteiger charge is -2.33. The molecule has 6 nitrogen and oxygen atoms in total. The van der Waals surface area contributed by atoms with Crippen LogP contribution in [-0.2, 0) is 22.5 Å². The number of rotatable bonds is 4. The van der Waals surface area contributed by atoms with E-state index in [1.807, 2.05) is 30.3 Å². The number of fused-ring (bicyclic) bond motifs is 1. The largest absolute Gasteiger partial charge is 0.464 e. The molecule has 0 aliphatic carbocycles. The zero-order valence-electron chi connectivity index (χ0n) is 16.8. The van der Waals surface area contributed by atoms with Gasteiger partial charge in [-0.3, -0.25) is 4.79 Å². The van der Waals surface area contributed by atoms with E-state index in [-0.39, 0.29) is 11.9 Å². The van der Waals surface area contributed by atoms with E-state index < -0.39 is 6.04 Å². The number of hydrogen-bond donors (Lipinski definition) is 0. The van der Waals surface area contributed by atoms with Crippen LogP contribution >= 0.6 is 11.8 Å². The van der Waals surface area contributed by atoms with Gasteiger partial charge >= 0.3 is 5.97 Å². The van der Waals surface area contributed by atoms with E-state index in [0.717, 1.165) is 55.1 Å². The second-order valence-electron chi connectivity index (χ2n) is 7.40. The standard InChI is InChI=1S/C22H27N3O3S/c1-2-28-22(27)18-15-29-14-13-25(18)21(26)19-17-11-7-4-8-12-24(17)20(23-19)16-9-5-3-6-10-16/h3,5-6,9-10,18H,2,4,7-8,11-15H2,1H3/t18-/m1/s1. The van der Waals surface area contributed by atoms with Gasteiger partial charge in [0.2, 0.25) is 0 Å². The van der Waals surface area contributed by atoms with Crippen molar-refractivity contribution in [2.75, 3.05) is 24.7 Å².